The van der Waals surface area contributed by atoms with Gasteiger partial charge >= 0.3 is 0 Å². The summed E-state index contributed by atoms with van der Waals surface area (Å²) in [4.78, 5) is 11.8. The topological polar surface area (TPSA) is 38.3 Å². The van der Waals surface area contributed by atoms with Crippen LogP contribution in [0.2, 0.25) is 0 Å². The number of hydrogen-bond acceptors (Lipinski definition) is 3. The van der Waals surface area contributed by atoms with Crippen LogP contribution in [0.1, 0.15) is 46.8 Å². The van der Waals surface area contributed by atoms with Crippen LogP contribution in [0.5, 0.6) is 5.75 Å². The minimum atomic E-state index is 0.108. The van der Waals surface area contributed by atoms with Crippen LogP contribution in [-0.4, -0.2) is 12.9 Å². The Hall–Kier alpha value is -2.07. The zero-order valence-electron chi connectivity index (χ0n) is 14.3. The highest BCUT2D eigenvalue weighted by molar-refractivity contribution is 9.10. The van der Waals surface area contributed by atoms with Crippen molar-refractivity contribution < 1.29 is 9.53 Å². The number of nitrogens with one attached hydrogen (secondary N) is 1. The monoisotopic (exact) mass is 397 g/mol. The largest absolute Gasteiger partial charge is 0.496 e. The van der Waals surface area contributed by atoms with Crippen molar-refractivity contribution in [1.29, 1.82) is 0 Å². The predicted octanol–water partition coefficient (Wildman–Crippen LogP) is 5.49. The number of hydrogen-bond donors (Lipinski definition) is 1. The summed E-state index contributed by atoms with van der Waals surface area (Å²) in [5.74, 6) is 1.74. The molecule has 25 heavy (non-hydrogen) atoms. The first-order valence-corrected chi connectivity index (χ1v) is 9.29. The van der Waals surface area contributed by atoms with Crippen molar-refractivity contribution in [3.63, 3.8) is 0 Å². The molecule has 1 heterocycles. The quantitative estimate of drug-likeness (QED) is 0.549. The molecule has 2 aromatic rings. The Morgan fingerprint density at radius 2 is 2.04 bits per heavy atom. The fraction of sp³-hybridized carbons (Fsp3) is 0.286. The van der Waals surface area contributed by atoms with Crippen LogP contribution in [0.15, 0.2) is 53.0 Å². The average molecular weight is 398 g/mol. The predicted molar refractivity (Wildman–Crippen MR) is 103 cm³/mol. The molecule has 1 aliphatic heterocycles. The van der Waals surface area contributed by atoms with E-state index in [2.05, 4.69) is 39.5 Å². The Morgan fingerprint density at radius 1 is 1.20 bits per heavy atom. The van der Waals surface area contributed by atoms with E-state index in [4.69, 9.17) is 4.74 Å². The van der Waals surface area contributed by atoms with Gasteiger partial charge in [-0.3, -0.25) is 4.79 Å². The molecule has 3 nitrogen and oxygen atoms in total. The molecule has 0 fully saturated rings. The van der Waals surface area contributed by atoms with Crippen LogP contribution in [0, 0.1) is 5.92 Å². The van der Waals surface area contributed by atoms with Crippen LogP contribution in [0.25, 0.3) is 0 Å². The van der Waals surface area contributed by atoms with Gasteiger partial charge < -0.3 is 10.1 Å². The first kappa shape index (κ1) is 16.4. The van der Waals surface area contributed by atoms with Crippen molar-refractivity contribution in [2.24, 2.45) is 5.92 Å². The summed E-state index contributed by atoms with van der Waals surface area (Å²) in [6.45, 7) is 1.62. The Bertz CT molecular complexity index is 874. The summed E-state index contributed by atoms with van der Waals surface area (Å²) in [7, 11) is 1.72. The molecule has 1 N–H and O–H groups in total. The number of ketones is 1. The third-order valence-electron chi connectivity index (χ3n) is 5.30. The summed E-state index contributed by atoms with van der Waals surface area (Å²) in [5.41, 5.74) is 4.26. The molecule has 3 atom stereocenters. The molecule has 4 heteroatoms. The van der Waals surface area contributed by atoms with Crippen molar-refractivity contribution in [3.8, 4) is 5.75 Å². The zero-order valence-corrected chi connectivity index (χ0v) is 15.8. The second-order valence-electron chi connectivity index (χ2n) is 6.72. The highest BCUT2D eigenvalue weighted by atomic mass is 79.9. The number of allylic oxidation sites excluding steroid dienone is 2. The van der Waals surface area contributed by atoms with Gasteiger partial charge in [0.25, 0.3) is 0 Å². The molecule has 0 spiro atoms. The lowest BCUT2D eigenvalue weighted by atomic mass is 9.76. The summed E-state index contributed by atoms with van der Waals surface area (Å²) in [6, 6.07) is 12.3. The van der Waals surface area contributed by atoms with Crippen LogP contribution >= 0.6 is 15.9 Å². The Labute approximate surface area is 156 Å². The van der Waals surface area contributed by atoms with Crippen molar-refractivity contribution in [2.45, 2.75) is 25.3 Å². The molecule has 2 aliphatic rings. The third-order valence-corrected chi connectivity index (χ3v) is 5.79. The molecule has 2 aromatic carbocycles. The van der Waals surface area contributed by atoms with E-state index in [0.29, 0.717) is 11.8 Å². The van der Waals surface area contributed by atoms with Gasteiger partial charge in [0.1, 0.15) is 5.75 Å². The highest BCUT2D eigenvalue weighted by Gasteiger charge is 2.39. The third kappa shape index (κ3) is 2.78. The van der Waals surface area contributed by atoms with E-state index >= 15 is 0 Å². The van der Waals surface area contributed by atoms with Crippen LogP contribution in [0.3, 0.4) is 0 Å². The molecule has 0 saturated heterocycles. The van der Waals surface area contributed by atoms with Gasteiger partial charge in [-0.1, -0.05) is 28.1 Å². The second-order valence-corrected chi connectivity index (χ2v) is 7.64. The van der Waals surface area contributed by atoms with Gasteiger partial charge in [-0.2, -0.15) is 0 Å². The van der Waals surface area contributed by atoms with E-state index in [-0.39, 0.29) is 11.8 Å². The van der Waals surface area contributed by atoms with E-state index in [9.17, 15) is 4.79 Å². The van der Waals surface area contributed by atoms with Gasteiger partial charge in [-0.05, 0) is 61.2 Å². The number of halogens is 1. The molecule has 0 radical (unpaired) electrons. The number of rotatable bonds is 3. The van der Waals surface area contributed by atoms with Crippen molar-refractivity contribution in [3.05, 3.63) is 69.7 Å². The lowest BCUT2D eigenvalue weighted by Crippen LogP contribution is -2.29. The van der Waals surface area contributed by atoms with Gasteiger partial charge in [0.2, 0.25) is 0 Å². The molecule has 0 aromatic heterocycles. The van der Waals surface area contributed by atoms with Crippen LogP contribution < -0.4 is 10.1 Å². The molecular formula is C21H20BrNO2. The zero-order chi connectivity index (χ0) is 17.6. The van der Waals surface area contributed by atoms with E-state index < -0.39 is 0 Å². The smallest absolute Gasteiger partial charge is 0.159 e. The van der Waals surface area contributed by atoms with Crippen molar-refractivity contribution in [1.82, 2.24) is 0 Å². The van der Waals surface area contributed by atoms with E-state index in [1.54, 1.807) is 14.0 Å². The van der Waals surface area contributed by atoms with Gasteiger partial charge in [-0.25, -0.2) is 0 Å². The van der Waals surface area contributed by atoms with Gasteiger partial charge in [-0.15, -0.1) is 0 Å². The Kier molecular flexibility index (Phi) is 4.16. The summed E-state index contributed by atoms with van der Waals surface area (Å²) in [5, 5.41) is 3.70. The number of benzene rings is 2. The van der Waals surface area contributed by atoms with Crippen LogP contribution in [-0.2, 0) is 0 Å². The number of ether oxygens (including phenoxy) is 1. The summed E-state index contributed by atoms with van der Waals surface area (Å²) < 4.78 is 6.66. The molecule has 128 valence electrons. The maximum absolute atomic E-state index is 11.8. The number of carbonyl (C=O) groups excluding carboxylic acids is 1. The lowest BCUT2D eigenvalue weighted by Gasteiger charge is -2.38. The molecule has 0 saturated carbocycles. The molecule has 1 aliphatic carbocycles. The minimum Gasteiger partial charge on any atom is -0.496 e. The maximum atomic E-state index is 11.8. The Morgan fingerprint density at radius 3 is 2.80 bits per heavy atom. The van der Waals surface area contributed by atoms with E-state index in [1.165, 1.54) is 5.56 Å². The number of anilines is 1. The summed E-state index contributed by atoms with van der Waals surface area (Å²) in [6.07, 6.45) is 5.55. The van der Waals surface area contributed by atoms with Crippen LogP contribution in [0.4, 0.5) is 5.69 Å². The van der Waals surface area contributed by atoms with Crippen molar-refractivity contribution >= 4 is 27.4 Å². The first-order valence-electron chi connectivity index (χ1n) is 8.50. The van der Waals surface area contributed by atoms with E-state index in [0.717, 1.165) is 33.5 Å². The standard InChI is InChI=1S/C21H20BrNO2/c1-12(24)13-6-8-19-17(10-13)15-4-3-5-16(15)21(23-19)18-11-14(22)7-9-20(18)25-2/h3-4,6-11,15-16,21,23H,5H2,1-2H3/t15-,16+,21-/m0/s1. The fourth-order valence-corrected chi connectivity index (χ4v) is 4.45. The summed E-state index contributed by atoms with van der Waals surface area (Å²) >= 11 is 3.59. The average Bonchev–Trinajstić information content (AvgIpc) is 3.10. The number of Topliss-reactive ketones (excluding diaryl/α,β-unsaturated/α-hetero) is 1. The van der Waals surface area contributed by atoms with Crippen molar-refractivity contribution in [2.75, 3.05) is 12.4 Å². The molecule has 0 bridgehead atoms. The molecule has 4 rings (SSSR count). The van der Waals surface area contributed by atoms with Gasteiger partial charge in [0.05, 0.1) is 13.2 Å². The SMILES string of the molecule is COc1ccc(Br)cc1[C@H]1Nc2ccc(C(C)=O)cc2[C@H]2C=CC[C@H]21. The molecule has 0 amide bonds. The Balaban J connectivity index is 1.81. The highest BCUT2D eigenvalue weighted by Crippen LogP contribution is 2.51. The fourth-order valence-electron chi connectivity index (χ4n) is 4.07. The number of methoxy groups -OCH3 is 1. The molecule has 0 unspecified atom stereocenters. The first-order chi connectivity index (χ1) is 12.1. The lowest BCUT2D eigenvalue weighted by molar-refractivity contribution is 0.101. The van der Waals surface area contributed by atoms with Gasteiger partial charge in [0, 0.05) is 27.2 Å². The second kappa shape index (κ2) is 6.34. The normalized spacial score (nSPS) is 23.6. The van der Waals surface area contributed by atoms with Gasteiger partial charge in [0.15, 0.2) is 5.78 Å². The number of fused-ring (bicyclic) bond motifs is 3. The maximum Gasteiger partial charge on any atom is 0.159 e. The van der Waals surface area contributed by atoms with E-state index in [1.807, 2.05) is 30.3 Å². The molecular weight excluding hydrogens is 378 g/mol. The minimum absolute atomic E-state index is 0.108. The number of carbonyl (C=O) groups is 1.